The minimum absolute atomic E-state index is 0.00384. The number of carbonyl (C=O) groups excluding carboxylic acids is 1. The number of amides is 1. The van der Waals surface area contributed by atoms with E-state index in [1.165, 1.54) is 43.6 Å². The number of allylic oxidation sites excluding steroid dienone is 2. The molecule has 0 spiro atoms. The van der Waals surface area contributed by atoms with Gasteiger partial charge in [0.1, 0.15) is 0 Å². The summed E-state index contributed by atoms with van der Waals surface area (Å²) in [6, 6.07) is 8.26. The van der Waals surface area contributed by atoms with E-state index in [1.807, 2.05) is 6.07 Å². The number of para-hydroxylation sites is 1. The van der Waals surface area contributed by atoms with Crippen LogP contribution in [0.4, 0.5) is 0 Å². The van der Waals surface area contributed by atoms with E-state index in [0.717, 1.165) is 42.2 Å². The van der Waals surface area contributed by atoms with Gasteiger partial charge in [0.15, 0.2) is 0 Å². The second-order valence-corrected chi connectivity index (χ2v) is 9.76. The van der Waals surface area contributed by atoms with Crippen molar-refractivity contribution in [3.63, 3.8) is 0 Å². The van der Waals surface area contributed by atoms with E-state index in [2.05, 4.69) is 47.5 Å². The minimum atomic E-state index is 0.00384. The molecule has 1 amide bonds. The number of aromatic nitrogens is 1. The zero-order valence-electron chi connectivity index (χ0n) is 17.5. The number of hydrogen-bond donors (Lipinski definition) is 1. The lowest BCUT2D eigenvalue weighted by Gasteiger charge is -2.30. The van der Waals surface area contributed by atoms with Gasteiger partial charge in [0.25, 0.3) is 0 Å². The van der Waals surface area contributed by atoms with Gasteiger partial charge in [-0.25, -0.2) is 4.98 Å². The molecule has 1 aliphatic heterocycles. The predicted molar refractivity (Wildman–Crippen MR) is 121 cm³/mol. The molecule has 2 unspecified atom stereocenters. The lowest BCUT2D eigenvalue weighted by molar-refractivity contribution is -0.125. The number of thiazole rings is 1. The second kappa shape index (κ2) is 9.86. The molecular formula is C24H33N3OS. The van der Waals surface area contributed by atoms with E-state index in [4.69, 9.17) is 4.98 Å². The van der Waals surface area contributed by atoms with Crippen LogP contribution < -0.4 is 5.32 Å². The topological polar surface area (TPSA) is 45.2 Å². The molecule has 0 radical (unpaired) electrons. The first-order valence-corrected chi connectivity index (χ1v) is 12.0. The van der Waals surface area contributed by atoms with E-state index < -0.39 is 0 Å². The Kier molecular flexibility index (Phi) is 6.98. The molecule has 2 atom stereocenters. The molecule has 29 heavy (non-hydrogen) atoms. The van der Waals surface area contributed by atoms with Crippen molar-refractivity contribution in [2.45, 2.75) is 51.4 Å². The zero-order chi connectivity index (χ0) is 20.1. The largest absolute Gasteiger partial charge is 0.356 e. The lowest BCUT2D eigenvalue weighted by Crippen LogP contribution is -2.36. The molecular weight excluding hydrogens is 378 g/mol. The van der Waals surface area contributed by atoms with Gasteiger partial charge in [0, 0.05) is 12.5 Å². The highest BCUT2D eigenvalue weighted by Crippen LogP contribution is 2.38. The van der Waals surface area contributed by atoms with Crippen LogP contribution in [0.1, 0.15) is 56.4 Å². The average molecular weight is 412 g/mol. The normalized spacial score (nSPS) is 23.5. The van der Waals surface area contributed by atoms with Crippen LogP contribution in [0.2, 0.25) is 0 Å². The summed E-state index contributed by atoms with van der Waals surface area (Å²) in [5.74, 6) is 1.29. The van der Waals surface area contributed by atoms with Crippen LogP contribution >= 0.6 is 11.3 Å². The maximum atomic E-state index is 12.9. The molecule has 1 aliphatic carbocycles. The Labute approximate surface area is 178 Å². The number of benzene rings is 1. The monoisotopic (exact) mass is 411 g/mol. The van der Waals surface area contributed by atoms with E-state index in [0.29, 0.717) is 0 Å². The third-order valence-electron chi connectivity index (χ3n) is 6.47. The van der Waals surface area contributed by atoms with E-state index in [-0.39, 0.29) is 17.7 Å². The molecule has 156 valence electrons. The van der Waals surface area contributed by atoms with Crippen LogP contribution in [0, 0.1) is 11.8 Å². The van der Waals surface area contributed by atoms with E-state index in [9.17, 15) is 4.79 Å². The lowest BCUT2D eigenvalue weighted by atomic mass is 9.82. The fraction of sp³-hybridized carbons (Fsp3) is 0.583. The van der Waals surface area contributed by atoms with Crippen LogP contribution in [-0.2, 0) is 4.79 Å². The first-order valence-electron chi connectivity index (χ1n) is 11.2. The van der Waals surface area contributed by atoms with Crippen molar-refractivity contribution in [2.75, 3.05) is 26.2 Å². The number of unbranched alkanes of at least 4 members (excludes halogenated alkanes) is 1. The second-order valence-electron chi connectivity index (χ2n) is 8.70. The number of hydrogen-bond acceptors (Lipinski definition) is 4. The SMILES string of the molecule is CC1CCN(CCCCNC(=O)C2CC=CCC2c2nc3ccccc3s2)CC1. The van der Waals surface area contributed by atoms with Gasteiger partial charge in [-0.1, -0.05) is 31.2 Å². The summed E-state index contributed by atoms with van der Waals surface area (Å²) in [4.78, 5) is 20.3. The molecule has 4 rings (SSSR count). The van der Waals surface area contributed by atoms with Gasteiger partial charge in [0.2, 0.25) is 5.91 Å². The Morgan fingerprint density at radius 2 is 1.97 bits per heavy atom. The van der Waals surface area contributed by atoms with Gasteiger partial charge in [-0.3, -0.25) is 4.79 Å². The summed E-state index contributed by atoms with van der Waals surface area (Å²) < 4.78 is 1.21. The highest BCUT2D eigenvalue weighted by Gasteiger charge is 2.32. The summed E-state index contributed by atoms with van der Waals surface area (Å²) >= 11 is 1.74. The summed E-state index contributed by atoms with van der Waals surface area (Å²) in [5.41, 5.74) is 1.05. The van der Waals surface area contributed by atoms with Crippen molar-refractivity contribution in [3.05, 3.63) is 41.4 Å². The molecule has 4 nitrogen and oxygen atoms in total. The molecule has 0 bridgehead atoms. The molecule has 1 fully saturated rings. The molecule has 1 N–H and O–H groups in total. The number of rotatable bonds is 7. The number of fused-ring (bicyclic) bond motifs is 1. The van der Waals surface area contributed by atoms with Crippen LogP contribution in [0.5, 0.6) is 0 Å². The van der Waals surface area contributed by atoms with E-state index >= 15 is 0 Å². The van der Waals surface area contributed by atoms with Crippen molar-refractivity contribution in [3.8, 4) is 0 Å². The third kappa shape index (κ3) is 5.26. The van der Waals surface area contributed by atoms with Gasteiger partial charge in [-0.2, -0.15) is 0 Å². The molecule has 2 aliphatic rings. The van der Waals surface area contributed by atoms with Crippen molar-refractivity contribution < 1.29 is 4.79 Å². The van der Waals surface area contributed by atoms with Crippen molar-refractivity contribution in [1.82, 2.24) is 15.2 Å². The average Bonchev–Trinajstić information content (AvgIpc) is 3.19. The Hall–Kier alpha value is -1.72. The fourth-order valence-electron chi connectivity index (χ4n) is 4.51. The summed E-state index contributed by atoms with van der Waals surface area (Å²) in [6.45, 7) is 6.80. The summed E-state index contributed by atoms with van der Waals surface area (Å²) in [6.07, 6.45) is 11.0. The van der Waals surface area contributed by atoms with Crippen LogP contribution in [-0.4, -0.2) is 42.0 Å². The molecule has 1 saturated heterocycles. The van der Waals surface area contributed by atoms with Crippen LogP contribution in [0.3, 0.4) is 0 Å². The van der Waals surface area contributed by atoms with Crippen LogP contribution in [0.15, 0.2) is 36.4 Å². The Morgan fingerprint density at radius 1 is 1.17 bits per heavy atom. The van der Waals surface area contributed by atoms with Crippen molar-refractivity contribution >= 4 is 27.5 Å². The first-order chi connectivity index (χ1) is 14.2. The zero-order valence-corrected chi connectivity index (χ0v) is 18.3. The standard InChI is InChI=1S/C24H33N3OS/c1-18-12-16-27(17-13-18)15-7-6-14-25-23(28)19-8-2-3-9-20(19)24-26-21-10-4-5-11-22(21)29-24/h2-5,10-11,18-20H,6-9,12-17H2,1H3,(H,25,28). The number of carbonyl (C=O) groups is 1. The smallest absolute Gasteiger partial charge is 0.224 e. The molecule has 2 heterocycles. The number of nitrogens with zero attached hydrogens (tertiary/aromatic N) is 2. The molecule has 1 aromatic carbocycles. The Bertz CT molecular complexity index is 805. The van der Waals surface area contributed by atoms with Gasteiger partial charge < -0.3 is 10.2 Å². The van der Waals surface area contributed by atoms with Gasteiger partial charge in [0.05, 0.1) is 21.1 Å². The maximum Gasteiger partial charge on any atom is 0.224 e. The highest BCUT2D eigenvalue weighted by molar-refractivity contribution is 7.18. The van der Waals surface area contributed by atoms with Gasteiger partial charge >= 0.3 is 0 Å². The molecule has 0 saturated carbocycles. The Morgan fingerprint density at radius 3 is 2.79 bits per heavy atom. The predicted octanol–water partition coefficient (Wildman–Crippen LogP) is 4.97. The number of piperidine rings is 1. The quantitative estimate of drug-likeness (QED) is 0.516. The van der Waals surface area contributed by atoms with Gasteiger partial charge in [-0.05, 0) is 76.2 Å². The van der Waals surface area contributed by atoms with Crippen LogP contribution in [0.25, 0.3) is 10.2 Å². The molecule has 2 aromatic rings. The van der Waals surface area contributed by atoms with E-state index in [1.54, 1.807) is 11.3 Å². The molecule has 5 heteroatoms. The van der Waals surface area contributed by atoms with Crippen molar-refractivity contribution in [1.29, 1.82) is 0 Å². The fourth-order valence-corrected chi connectivity index (χ4v) is 5.66. The Balaban J connectivity index is 1.26. The summed E-state index contributed by atoms with van der Waals surface area (Å²) in [7, 11) is 0. The maximum absolute atomic E-state index is 12.9. The van der Waals surface area contributed by atoms with Gasteiger partial charge in [-0.15, -0.1) is 11.3 Å². The molecule has 1 aromatic heterocycles. The van der Waals surface area contributed by atoms with Crippen molar-refractivity contribution in [2.24, 2.45) is 11.8 Å². The number of likely N-dealkylation sites (tertiary alicyclic amines) is 1. The summed E-state index contributed by atoms with van der Waals surface area (Å²) in [5, 5.41) is 4.32. The minimum Gasteiger partial charge on any atom is -0.356 e. The highest BCUT2D eigenvalue weighted by atomic mass is 32.1. The third-order valence-corrected chi connectivity index (χ3v) is 7.64. The first kappa shape index (κ1) is 20.5. The number of nitrogens with one attached hydrogen (secondary N) is 1.